The first-order chi connectivity index (χ1) is 8.62. The minimum atomic E-state index is -3.21. The number of aliphatic hydroxyl groups is 1. The summed E-state index contributed by atoms with van der Waals surface area (Å²) in [7, 11) is -3.21. The molecule has 2 N–H and O–H groups in total. The van der Waals surface area contributed by atoms with Crippen molar-refractivity contribution in [2.45, 2.75) is 18.9 Å². The van der Waals surface area contributed by atoms with Crippen LogP contribution in [-0.4, -0.2) is 69.1 Å². The number of hydrogen-bond acceptors (Lipinski definition) is 5. The van der Waals surface area contributed by atoms with Crippen LogP contribution in [0.15, 0.2) is 0 Å². The molecule has 2 saturated heterocycles. The molecule has 0 radical (unpaired) electrons. The van der Waals surface area contributed by atoms with Gasteiger partial charge >= 0.3 is 0 Å². The molecule has 1 atom stereocenters. The van der Waals surface area contributed by atoms with E-state index in [4.69, 9.17) is 9.84 Å². The van der Waals surface area contributed by atoms with Gasteiger partial charge in [-0.1, -0.05) is 0 Å². The molecule has 7 heteroatoms. The predicted molar refractivity (Wildman–Crippen MR) is 67.8 cm³/mol. The number of piperidine rings is 1. The molecule has 0 aromatic rings. The first-order valence-corrected chi connectivity index (χ1v) is 8.14. The van der Waals surface area contributed by atoms with Gasteiger partial charge in [0.15, 0.2) is 0 Å². The summed E-state index contributed by atoms with van der Waals surface area (Å²) in [5, 5.41) is 12.3. The van der Waals surface area contributed by atoms with Gasteiger partial charge in [0, 0.05) is 13.1 Å². The number of nitrogens with zero attached hydrogens (tertiary/aromatic N) is 1. The number of ether oxygens (including phenoxy) is 1. The molecule has 18 heavy (non-hydrogen) atoms. The Labute approximate surface area is 108 Å². The molecular formula is C11H22N2O4S. The van der Waals surface area contributed by atoms with E-state index < -0.39 is 10.0 Å². The normalized spacial score (nSPS) is 28.4. The molecule has 106 valence electrons. The fourth-order valence-corrected chi connectivity index (χ4v) is 4.39. The highest BCUT2D eigenvalue weighted by Crippen LogP contribution is 2.18. The van der Waals surface area contributed by atoms with Gasteiger partial charge in [0.25, 0.3) is 0 Å². The van der Waals surface area contributed by atoms with Gasteiger partial charge in [-0.3, -0.25) is 0 Å². The van der Waals surface area contributed by atoms with E-state index in [-0.39, 0.29) is 30.9 Å². The third-order valence-corrected chi connectivity index (χ3v) is 5.61. The molecule has 0 aliphatic carbocycles. The predicted octanol–water partition coefficient (Wildman–Crippen LogP) is -0.991. The van der Waals surface area contributed by atoms with E-state index in [0.29, 0.717) is 13.2 Å². The van der Waals surface area contributed by atoms with Crippen molar-refractivity contribution in [2.75, 3.05) is 45.1 Å². The van der Waals surface area contributed by atoms with Crippen molar-refractivity contribution in [1.82, 2.24) is 9.62 Å². The number of rotatable bonds is 4. The minimum absolute atomic E-state index is 0.126. The van der Waals surface area contributed by atoms with Crippen LogP contribution in [-0.2, 0) is 14.8 Å². The number of sulfonamides is 1. The van der Waals surface area contributed by atoms with Crippen LogP contribution < -0.4 is 5.32 Å². The van der Waals surface area contributed by atoms with E-state index in [1.54, 1.807) is 0 Å². The SMILES string of the molecule is O=S(=O)(CC1CCNCC1)N1CCOC(CO)C1. The lowest BCUT2D eigenvalue weighted by Gasteiger charge is -2.33. The largest absolute Gasteiger partial charge is 0.394 e. The second-order valence-corrected chi connectivity index (χ2v) is 7.02. The maximum Gasteiger partial charge on any atom is 0.214 e. The lowest BCUT2D eigenvalue weighted by Crippen LogP contribution is -2.48. The smallest absolute Gasteiger partial charge is 0.214 e. The van der Waals surface area contributed by atoms with Gasteiger partial charge in [-0.25, -0.2) is 8.42 Å². The zero-order valence-electron chi connectivity index (χ0n) is 10.5. The first kappa shape index (κ1) is 14.2. The van der Waals surface area contributed by atoms with Crippen molar-refractivity contribution in [2.24, 2.45) is 5.92 Å². The maximum atomic E-state index is 12.3. The summed E-state index contributed by atoms with van der Waals surface area (Å²) in [6, 6.07) is 0. The molecule has 0 bridgehead atoms. The Morgan fingerprint density at radius 1 is 1.33 bits per heavy atom. The Balaban J connectivity index is 1.92. The second kappa shape index (κ2) is 6.29. The third kappa shape index (κ3) is 3.64. The van der Waals surface area contributed by atoms with Crippen molar-refractivity contribution >= 4 is 10.0 Å². The van der Waals surface area contributed by atoms with Crippen molar-refractivity contribution in [3.8, 4) is 0 Å². The fourth-order valence-electron chi connectivity index (χ4n) is 2.51. The zero-order valence-corrected chi connectivity index (χ0v) is 11.4. The molecule has 2 fully saturated rings. The van der Waals surface area contributed by atoms with Gasteiger partial charge in [0.05, 0.1) is 25.1 Å². The first-order valence-electron chi connectivity index (χ1n) is 6.53. The molecular weight excluding hydrogens is 256 g/mol. The van der Waals surface area contributed by atoms with Gasteiger partial charge in [0.1, 0.15) is 0 Å². The summed E-state index contributed by atoms with van der Waals surface area (Å²) in [6.07, 6.45) is 1.47. The molecule has 6 nitrogen and oxygen atoms in total. The number of nitrogens with one attached hydrogen (secondary N) is 1. The monoisotopic (exact) mass is 278 g/mol. The summed E-state index contributed by atoms with van der Waals surface area (Å²) in [4.78, 5) is 0. The standard InChI is InChI=1S/C11H22N2O4S/c14-8-11-7-13(5-6-17-11)18(15,16)9-10-1-3-12-4-2-10/h10-12,14H,1-9H2. The van der Waals surface area contributed by atoms with E-state index in [2.05, 4.69) is 5.32 Å². The minimum Gasteiger partial charge on any atom is -0.394 e. The summed E-state index contributed by atoms with van der Waals surface area (Å²) in [5.41, 5.74) is 0. The fraction of sp³-hybridized carbons (Fsp3) is 1.00. The number of morpholine rings is 1. The molecule has 2 heterocycles. The van der Waals surface area contributed by atoms with Gasteiger partial charge in [-0.15, -0.1) is 0 Å². The zero-order chi connectivity index (χ0) is 13.0. The van der Waals surface area contributed by atoms with Gasteiger partial charge < -0.3 is 15.2 Å². The molecule has 0 amide bonds. The van der Waals surface area contributed by atoms with Crippen LogP contribution in [0.25, 0.3) is 0 Å². The van der Waals surface area contributed by atoms with Crippen molar-refractivity contribution < 1.29 is 18.3 Å². The van der Waals surface area contributed by atoms with Gasteiger partial charge in [-0.2, -0.15) is 4.31 Å². The van der Waals surface area contributed by atoms with Crippen LogP contribution >= 0.6 is 0 Å². The van der Waals surface area contributed by atoms with Crippen LogP contribution in [0.5, 0.6) is 0 Å². The molecule has 2 aliphatic heterocycles. The molecule has 1 unspecified atom stereocenters. The summed E-state index contributed by atoms with van der Waals surface area (Å²) < 4.78 is 31.3. The van der Waals surface area contributed by atoms with E-state index in [9.17, 15) is 8.42 Å². The summed E-state index contributed by atoms with van der Waals surface area (Å²) in [5.74, 6) is 0.485. The lowest BCUT2D eigenvalue weighted by molar-refractivity contribution is -0.0305. The Bertz CT molecular complexity index is 354. The van der Waals surface area contributed by atoms with E-state index >= 15 is 0 Å². The molecule has 0 saturated carbocycles. The van der Waals surface area contributed by atoms with Crippen molar-refractivity contribution in [3.05, 3.63) is 0 Å². The lowest BCUT2D eigenvalue weighted by atomic mass is 10.0. The van der Waals surface area contributed by atoms with E-state index in [1.165, 1.54) is 4.31 Å². The summed E-state index contributed by atoms with van der Waals surface area (Å²) >= 11 is 0. The van der Waals surface area contributed by atoms with Crippen LogP contribution in [0.3, 0.4) is 0 Å². The highest BCUT2D eigenvalue weighted by Gasteiger charge is 2.31. The van der Waals surface area contributed by atoms with Crippen LogP contribution in [0.1, 0.15) is 12.8 Å². The van der Waals surface area contributed by atoms with Crippen molar-refractivity contribution in [1.29, 1.82) is 0 Å². The summed E-state index contributed by atoms with van der Waals surface area (Å²) in [6.45, 7) is 2.74. The number of hydrogen-bond donors (Lipinski definition) is 2. The van der Waals surface area contributed by atoms with Gasteiger partial charge in [-0.05, 0) is 31.8 Å². The average Bonchev–Trinajstić information content (AvgIpc) is 2.39. The Kier molecular flexibility index (Phi) is 4.97. The Hall–Kier alpha value is -0.210. The third-order valence-electron chi connectivity index (χ3n) is 3.60. The second-order valence-electron chi connectivity index (χ2n) is 5.01. The topological polar surface area (TPSA) is 78.9 Å². The maximum absolute atomic E-state index is 12.3. The number of aliphatic hydroxyl groups excluding tert-OH is 1. The quantitative estimate of drug-likeness (QED) is 0.690. The highest BCUT2D eigenvalue weighted by molar-refractivity contribution is 7.89. The molecule has 2 aliphatic rings. The molecule has 0 spiro atoms. The Morgan fingerprint density at radius 2 is 2.06 bits per heavy atom. The molecule has 2 rings (SSSR count). The van der Waals surface area contributed by atoms with Crippen molar-refractivity contribution in [3.63, 3.8) is 0 Å². The average molecular weight is 278 g/mol. The molecule has 0 aromatic heterocycles. The highest BCUT2D eigenvalue weighted by atomic mass is 32.2. The van der Waals surface area contributed by atoms with Crippen LogP contribution in [0.2, 0.25) is 0 Å². The van der Waals surface area contributed by atoms with E-state index in [1.807, 2.05) is 0 Å². The van der Waals surface area contributed by atoms with E-state index in [0.717, 1.165) is 25.9 Å². The van der Waals surface area contributed by atoms with Crippen LogP contribution in [0, 0.1) is 5.92 Å². The van der Waals surface area contributed by atoms with Crippen LogP contribution in [0.4, 0.5) is 0 Å². The Morgan fingerprint density at radius 3 is 2.72 bits per heavy atom. The molecule has 0 aromatic carbocycles. The van der Waals surface area contributed by atoms with Gasteiger partial charge in [0.2, 0.25) is 10.0 Å².